The van der Waals surface area contributed by atoms with Gasteiger partial charge in [-0.2, -0.15) is 0 Å². The number of para-hydroxylation sites is 1. The average Bonchev–Trinajstić information content (AvgIpc) is 2.89. The van der Waals surface area contributed by atoms with E-state index < -0.39 is 28.5 Å². The van der Waals surface area contributed by atoms with Crippen LogP contribution >= 0.6 is 34.8 Å². The maximum atomic E-state index is 14.0. The summed E-state index contributed by atoms with van der Waals surface area (Å²) >= 11 is 18.9. The van der Waals surface area contributed by atoms with Crippen LogP contribution in [0.4, 0.5) is 5.69 Å². The van der Waals surface area contributed by atoms with Gasteiger partial charge in [-0.05, 0) is 62.2 Å². The quantitative estimate of drug-likeness (QED) is 0.285. The van der Waals surface area contributed by atoms with Gasteiger partial charge < -0.3 is 10.2 Å². The van der Waals surface area contributed by atoms with Crippen LogP contribution in [-0.2, 0) is 26.2 Å². The number of aryl methyl sites for hydroxylation is 1. The number of nitrogens with one attached hydrogen (secondary N) is 1. The normalized spacial score (nSPS) is 12.1. The zero-order valence-corrected chi connectivity index (χ0v) is 24.9. The Morgan fingerprint density at radius 3 is 2.18 bits per heavy atom. The number of rotatable bonds is 11. The predicted molar refractivity (Wildman–Crippen MR) is 157 cm³/mol. The first-order valence-electron chi connectivity index (χ1n) is 12.3. The molecule has 11 heteroatoms. The van der Waals surface area contributed by atoms with E-state index in [1.54, 1.807) is 62.4 Å². The van der Waals surface area contributed by atoms with Gasteiger partial charge in [0.15, 0.2) is 0 Å². The molecular weight excluding hydrogens is 581 g/mol. The topological polar surface area (TPSA) is 86.8 Å². The summed E-state index contributed by atoms with van der Waals surface area (Å²) in [4.78, 5) is 28.3. The average molecular weight is 611 g/mol. The van der Waals surface area contributed by atoms with Crippen molar-refractivity contribution in [2.45, 2.75) is 44.7 Å². The van der Waals surface area contributed by atoms with Crippen molar-refractivity contribution in [2.24, 2.45) is 0 Å². The Kier molecular flexibility index (Phi) is 10.7. The van der Waals surface area contributed by atoms with Gasteiger partial charge in [0.2, 0.25) is 11.8 Å². The summed E-state index contributed by atoms with van der Waals surface area (Å²) < 4.78 is 28.7. The SMILES string of the molecule is CCNC(=O)C(CC)N(Cc1ccc(Cl)cc1Cl)C(=O)CN(c1ccccc1Cl)S(=O)(=O)c1ccc(C)cc1. The molecule has 3 aromatic carbocycles. The molecule has 0 spiro atoms. The van der Waals surface area contributed by atoms with Crippen molar-refractivity contribution in [3.8, 4) is 0 Å². The number of carbonyl (C=O) groups excluding carboxylic acids is 2. The number of hydrogen-bond donors (Lipinski definition) is 1. The lowest BCUT2D eigenvalue weighted by atomic mass is 10.1. The molecule has 0 radical (unpaired) electrons. The van der Waals surface area contributed by atoms with E-state index in [0.29, 0.717) is 28.6 Å². The molecule has 0 heterocycles. The van der Waals surface area contributed by atoms with Crippen LogP contribution in [0.3, 0.4) is 0 Å². The molecule has 3 rings (SSSR count). The van der Waals surface area contributed by atoms with Crippen LogP contribution in [0.1, 0.15) is 31.4 Å². The molecule has 39 heavy (non-hydrogen) atoms. The number of amides is 2. The van der Waals surface area contributed by atoms with Crippen LogP contribution < -0.4 is 9.62 Å². The van der Waals surface area contributed by atoms with Gasteiger partial charge in [0.25, 0.3) is 10.0 Å². The molecule has 0 saturated heterocycles. The molecule has 3 aromatic rings. The highest BCUT2D eigenvalue weighted by Gasteiger charge is 2.34. The van der Waals surface area contributed by atoms with Gasteiger partial charge >= 0.3 is 0 Å². The standard InChI is InChI=1S/C28H30Cl3N3O4S/c1-4-25(28(36)32-5-2)33(17-20-12-13-21(29)16-24(20)31)27(35)18-34(26-9-7-6-8-23(26)30)39(37,38)22-14-10-19(3)11-15-22/h6-16,25H,4-5,17-18H2,1-3H3,(H,32,36). The first-order chi connectivity index (χ1) is 18.5. The molecule has 0 aliphatic carbocycles. The summed E-state index contributed by atoms with van der Waals surface area (Å²) in [7, 11) is -4.21. The fourth-order valence-corrected chi connectivity index (χ4v) is 6.24. The van der Waals surface area contributed by atoms with E-state index in [2.05, 4.69) is 5.32 Å². The third-order valence-electron chi connectivity index (χ3n) is 6.10. The Balaban J connectivity index is 2.09. The van der Waals surface area contributed by atoms with Crippen LogP contribution in [0.15, 0.2) is 71.6 Å². The van der Waals surface area contributed by atoms with Crippen molar-refractivity contribution in [2.75, 3.05) is 17.4 Å². The van der Waals surface area contributed by atoms with E-state index >= 15 is 0 Å². The molecule has 7 nitrogen and oxygen atoms in total. The smallest absolute Gasteiger partial charge is 0.264 e. The van der Waals surface area contributed by atoms with Crippen molar-refractivity contribution in [3.63, 3.8) is 0 Å². The van der Waals surface area contributed by atoms with Crippen LogP contribution in [0, 0.1) is 6.92 Å². The molecule has 0 aliphatic rings. The van der Waals surface area contributed by atoms with Gasteiger partial charge in [0, 0.05) is 23.1 Å². The lowest BCUT2D eigenvalue weighted by Crippen LogP contribution is -2.52. The van der Waals surface area contributed by atoms with Gasteiger partial charge in [-0.25, -0.2) is 8.42 Å². The molecule has 1 atom stereocenters. The maximum absolute atomic E-state index is 14.0. The summed E-state index contributed by atoms with van der Waals surface area (Å²) in [5, 5.41) is 3.66. The van der Waals surface area contributed by atoms with Crippen molar-refractivity contribution in [3.05, 3.63) is 92.9 Å². The van der Waals surface area contributed by atoms with E-state index in [1.165, 1.54) is 23.1 Å². The predicted octanol–water partition coefficient (Wildman–Crippen LogP) is 6.09. The highest BCUT2D eigenvalue weighted by atomic mass is 35.5. The zero-order valence-electron chi connectivity index (χ0n) is 21.8. The second kappa shape index (κ2) is 13.5. The lowest BCUT2D eigenvalue weighted by molar-refractivity contribution is -0.140. The molecule has 0 aliphatic heterocycles. The second-order valence-electron chi connectivity index (χ2n) is 8.85. The maximum Gasteiger partial charge on any atom is 0.264 e. The molecule has 0 fully saturated rings. The number of carbonyl (C=O) groups is 2. The molecule has 2 amide bonds. The molecule has 0 saturated carbocycles. The minimum Gasteiger partial charge on any atom is -0.355 e. The van der Waals surface area contributed by atoms with Crippen molar-refractivity contribution < 1.29 is 18.0 Å². The van der Waals surface area contributed by atoms with E-state index in [4.69, 9.17) is 34.8 Å². The summed E-state index contributed by atoms with van der Waals surface area (Å²) in [6, 6.07) is 16.7. The van der Waals surface area contributed by atoms with Crippen LogP contribution in [0.2, 0.25) is 15.1 Å². The fourth-order valence-electron chi connectivity index (χ4n) is 4.05. The molecule has 208 valence electrons. The van der Waals surface area contributed by atoms with E-state index in [0.717, 1.165) is 9.87 Å². The van der Waals surface area contributed by atoms with E-state index in [9.17, 15) is 18.0 Å². The highest BCUT2D eigenvalue weighted by Crippen LogP contribution is 2.31. The van der Waals surface area contributed by atoms with Crippen molar-refractivity contribution in [1.82, 2.24) is 10.2 Å². The van der Waals surface area contributed by atoms with Gasteiger partial charge in [-0.15, -0.1) is 0 Å². The molecule has 1 unspecified atom stereocenters. The number of likely N-dealkylation sites (N-methyl/N-ethyl adjacent to an activating group) is 1. The van der Waals surface area contributed by atoms with Gasteiger partial charge in [-0.3, -0.25) is 13.9 Å². The number of nitrogens with zero attached hydrogens (tertiary/aromatic N) is 2. The Hall–Kier alpha value is -2.78. The molecular formula is C28H30Cl3N3O4S. The number of benzene rings is 3. The third-order valence-corrected chi connectivity index (χ3v) is 8.78. The number of sulfonamides is 1. The lowest BCUT2D eigenvalue weighted by Gasteiger charge is -2.33. The van der Waals surface area contributed by atoms with Crippen molar-refractivity contribution >= 4 is 62.3 Å². The summed E-state index contributed by atoms with van der Waals surface area (Å²) in [6.45, 7) is 5.13. The first-order valence-corrected chi connectivity index (χ1v) is 14.9. The molecule has 0 aromatic heterocycles. The molecule has 0 bridgehead atoms. The van der Waals surface area contributed by atoms with Gasteiger partial charge in [-0.1, -0.05) is 77.6 Å². The van der Waals surface area contributed by atoms with E-state index in [1.807, 2.05) is 6.92 Å². The minimum atomic E-state index is -4.21. The van der Waals surface area contributed by atoms with Crippen LogP contribution in [0.5, 0.6) is 0 Å². The molecule has 1 N–H and O–H groups in total. The summed E-state index contributed by atoms with van der Waals surface area (Å²) in [5.74, 6) is -0.959. The monoisotopic (exact) mass is 609 g/mol. The largest absolute Gasteiger partial charge is 0.355 e. The highest BCUT2D eigenvalue weighted by molar-refractivity contribution is 7.92. The van der Waals surface area contributed by atoms with Crippen LogP contribution in [0.25, 0.3) is 0 Å². The second-order valence-corrected chi connectivity index (χ2v) is 12.0. The van der Waals surface area contributed by atoms with Crippen LogP contribution in [-0.4, -0.2) is 44.3 Å². The summed E-state index contributed by atoms with van der Waals surface area (Å²) in [5.41, 5.74) is 1.58. The number of anilines is 1. The number of hydrogen-bond acceptors (Lipinski definition) is 4. The Labute approximate surface area is 244 Å². The van der Waals surface area contributed by atoms with E-state index in [-0.39, 0.29) is 28.1 Å². The Morgan fingerprint density at radius 1 is 0.923 bits per heavy atom. The number of halogens is 3. The van der Waals surface area contributed by atoms with Crippen molar-refractivity contribution in [1.29, 1.82) is 0 Å². The minimum absolute atomic E-state index is 0.00360. The van der Waals surface area contributed by atoms with Gasteiger partial charge in [0.1, 0.15) is 12.6 Å². The third kappa shape index (κ3) is 7.45. The first kappa shape index (κ1) is 30.8. The summed E-state index contributed by atoms with van der Waals surface area (Å²) in [6.07, 6.45) is 0.291. The Bertz CT molecular complexity index is 1430. The Morgan fingerprint density at radius 2 is 1.59 bits per heavy atom. The van der Waals surface area contributed by atoms with Gasteiger partial charge in [0.05, 0.1) is 15.6 Å². The fraction of sp³-hybridized carbons (Fsp3) is 0.286. The zero-order chi connectivity index (χ0) is 28.7.